The molecule has 0 aliphatic carbocycles. The SMILES string of the molecule is COc1ccc(S(=O)(=O)N(C)c2ccc3sc(C(=O)NC(c4ccccc4)c4ccccc4)cc3c2)cc1OC. The number of amides is 1. The molecule has 0 fully saturated rings. The van der Waals surface area contributed by atoms with Gasteiger partial charge in [0.2, 0.25) is 0 Å². The lowest BCUT2D eigenvalue weighted by molar-refractivity contribution is 0.0947. The highest BCUT2D eigenvalue weighted by Gasteiger charge is 2.24. The molecule has 0 unspecified atom stereocenters. The summed E-state index contributed by atoms with van der Waals surface area (Å²) < 4.78 is 39.4. The van der Waals surface area contributed by atoms with Crippen molar-refractivity contribution in [3.63, 3.8) is 0 Å². The molecule has 1 aromatic heterocycles. The van der Waals surface area contributed by atoms with Crippen molar-refractivity contribution in [1.29, 1.82) is 0 Å². The summed E-state index contributed by atoms with van der Waals surface area (Å²) in [5.41, 5.74) is 2.43. The fraction of sp³-hybridized carbons (Fsp3) is 0.129. The molecule has 4 aromatic carbocycles. The lowest BCUT2D eigenvalue weighted by Crippen LogP contribution is -2.28. The molecule has 0 aliphatic heterocycles. The van der Waals surface area contributed by atoms with Gasteiger partial charge in [0.25, 0.3) is 15.9 Å². The molecule has 5 aromatic rings. The molecule has 0 saturated heterocycles. The van der Waals surface area contributed by atoms with Crippen molar-refractivity contribution in [2.24, 2.45) is 0 Å². The molecule has 7 nitrogen and oxygen atoms in total. The van der Waals surface area contributed by atoms with Gasteiger partial charge in [0.05, 0.1) is 35.7 Å². The van der Waals surface area contributed by atoms with E-state index in [1.807, 2.05) is 66.7 Å². The lowest BCUT2D eigenvalue weighted by atomic mass is 9.98. The Kier molecular flexibility index (Phi) is 7.77. The quantitative estimate of drug-likeness (QED) is 0.225. The maximum atomic E-state index is 13.4. The number of benzene rings is 4. The van der Waals surface area contributed by atoms with Crippen molar-refractivity contribution in [1.82, 2.24) is 5.32 Å². The van der Waals surface area contributed by atoms with E-state index in [0.717, 1.165) is 21.2 Å². The van der Waals surface area contributed by atoms with Gasteiger partial charge in [-0.2, -0.15) is 0 Å². The van der Waals surface area contributed by atoms with Crippen molar-refractivity contribution >= 4 is 43.0 Å². The van der Waals surface area contributed by atoms with Gasteiger partial charge in [0, 0.05) is 17.8 Å². The number of carbonyl (C=O) groups is 1. The molecule has 0 atom stereocenters. The van der Waals surface area contributed by atoms with Crippen LogP contribution in [0.4, 0.5) is 5.69 Å². The molecule has 0 spiro atoms. The third-order valence-corrected chi connectivity index (χ3v) is 9.54. The Morgan fingerprint density at radius 3 is 2.02 bits per heavy atom. The van der Waals surface area contributed by atoms with Crippen LogP contribution in [-0.2, 0) is 10.0 Å². The summed E-state index contributed by atoms with van der Waals surface area (Å²) in [5, 5.41) is 3.95. The monoisotopic (exact) mass is 572 g/mol. The second-order valence-corrected chi connectivity index (χ2v) is 12.1. The van der Waals surface area contributed by atoms with Gasteiger partial charge in [-0.05, 0) is 52.9 Å². The second-order valence-electron chi connectivity index (χ2n) is 9.05. The number of fused-ring (bicyclic) bond motifs is 1. The number of thiophene rings is 1. The third kappa shape index (κ3) is 5.38. The number of anilines is 1. The van der Waals surface area contributed by atoms with Crippen LogP contribution in [0.25, 0.3) is 10.1 Å². The first-order valence-corrected chi connectivity index (χ1v) is 14.7. The predicted molar refractivity (Wildman–Crippen MR) is 159 cm³/mol. The van der Waals surface area contributed by atoms with Gasteiger partial charge >= 0.3 is 0 Å². The van der Waals surface area contributed by atoms with E-state index in [1.54, 1.807) is 24.3 Å². The van der Waals surface area contributed by atoms with Gasteiger partial charge in [-0.1, -0.05) is 60.7 Å². The van der Waals surface area contributed by atoms with Gasteiger partial charge in [-0.15, -0.1) is 11.3 Å². The molecule has 1 amide bonds. The molecule has 1 heterocycles. The Labute approximate surface area is 237 Å². The number of carbonyl (C=O) groups excluding carboxylic acids is 1. The number of hydrogen-bond acceptors (Lipinski definition) is 6. The van der Waals surface area contributed by atoms with Crippen LogP contribution < -0.4 is 19.1 Å². The molecule has 5 rings (SSSR count). The lowest BCUT2D eigenvalue weighted by Gasteiger charge is -2.20. The van der Waals surface area contributed by atoms with Gasteiger partial charge in [0.15, 0.2) is 11.5 Å². The molecular formula is C31H28N2O5S2. The Morgan fingerprint density at radius 1 is 0.800 bits per heavy atom. The van der Waals surface area contributed by atoms with E-state index in [4.69, 9.17) is 9.47 Å². The van der Waals surface area contributed by atoms with Crippen LogP contribution in [-0.4, -0.2) is 35.6 Å². The fourth-order valence-electron chi connectivity index (χ4n) is 4.46. The highest BCUT2D eigenvalue weighted by molar-refractivity contribution is 7.92. The van der Waals surface area contributed by atoms with E-state index >= 15 is 0 Å². The summed E-state index contributed by atoms with van der Waals surface area (Å²) in [5.74, 6) is 0.563. The van der Waals surface area contributed by atoms with Gasteiger partial charge in [-0.25, -0.2) is 8.42 Å². The summed E-state index contributed by atoms with van der Waals surface area (Å²) in [7, 11) is 0.563. The summed E-state index contributed by atoms with van der Waals surface area (Å²) in [6.45, 7) is 0. The second kappa shape index (κ2) is 11.4. The first-order chi connectivity index (χ1) is 19.3. The van der Waals surface area contributed by atoms with Crippen molar-refractivity contribution < 1.29 is 22.7 Å². The van der Waals surface area contributed by atoms with Gasteiger partial charge in [-0.3, -0.25) is 9.10 Å². The number of rotatable bonds is 9. The largest absolute Gasteiger partial charge is 0.493 e. The first-order valence-electron chi connectivity index (χ1n) is 12.5. The number of ether oxygens (including phenoxy) is 2. The molecule has 0 aliphatic rings. The van der Waals surface area contributed by atoms with Gasteiger partial charge < -0.3 is 14.8 Å². The van der Waals surface area contributed by atoms with Gasteiger partial charge in [0.1, 0.15) is 0 Å². The number of hydrogen-bond donors (Lipinski definition) is 1. The molecule has 0 saturated carbocycles. The molecule has 9 heteroatoms. The van der Waals surface area contributed by atoms with E-state index in [9.17, 15) is 13.2 Å². The Balaban J connectivity index is 1.42. The molecule has 1 N–H and O–H groups in total. The average Bonchev–Trinajstić information content (AvgIpc) is 3.43. The number of nitrogens with zero attached hydrogens (tertiary/aromatic N) is 1. The summed E-state index contributed by atoms with van der Waals surface area (Å²) in [6.07, 6.45) is 0. The summed E-state index contributed by atoms with van der Waals surface area (Å²) in [6, 6.07) is 30.9. The van der Waals surface area contributed by atoms with Crippen LogP contribution in [0, 0.1) is 0 Å². The van der Waals surface area contributed by atoms with E-state index < -0.39 is 10.0 Å². The van der Waals surface area contributed by atoms with Crippen molar-refractivity contribution in [2.75, 3.05) is 25.6 Å². The van der Waals surface area contributed by atoms with Crippen LogP contribution in [0.5, 0.6) is 11.5 Å². The van der Waals surface area contributed by atoms with Crippen molar-refractivity contribution in [3.05, 3.63) is 119 Å². The smallest absolute Gasteiger partial charge is 0.264 e. The first kappa shape index (κ1) is 27.2. The number of methoxy groups -OCH3 is 2. The van der Waals surface area contributed by atoms with Crippen LogP contribution in [0.15, 0.2) is 108 Å². The molecule has 0 radical (unpaired) electrons. The molecule has 204 valence electrons. The highest BCUT2D eigenvalue weighted by Crippen LogP contribution is 2.34. The topological polar surface area (TPSA) is 84.9 Å². The minimum absolute atomic E-state index is 0.0750. The number of sulfonamides is 1. The Morgan fingerprint density at radius 2 is 1.43 bits per heavy atom. The maximum absolute atomic E-state index is 13.4. The summed E-state index contributed by atoms with van der Waals surface area (Å²) in [4.78, 5) is 14.0. The van der Waals surface area contributed by atoms with Crippen molar-refractivity contribution in [3.8, 4) is 11.5 Å². The van der Waals surface area contributed by atoms with Crippen LogP contribution in [0.1, 0.15) is 26.8 Å². The third-order valence-electron chi connectivity index (χ3n) is 6.64. The fourth-order valence-corrected chi connectivity index (χ4v) is 6.61. The van der Waals surface area contributed by atoms with Crippen molar-refractivity contribution in [2.45, 2.75) is 10.9 Å². The average molecular weight is 573 g/mol. The normalized spacial score (nSPS) is 11.4. The minimum Gasteiger partial charge on any atom is -0.493 e. The molecular weight excluding hydrogens is 544 g/mol. The standard InChI is InChI=1S/C31H28N2O5S2/c1-33(40(35,36)25-15-16-26(37-2)27(20-25)38-3)24-14-17-28-23(18-24)19-29(39-28)31(34)32-30(21-10-6-4-7-11-21)22-12-8-5-9-13-22/h4-20,30H,1-3H3,(H,32,34). The zero-order chi connectivity index (χ0) is 28.3. The zero-order valence-electron chi connectivity index (χ0n) is 22.2. The van der Waals surface area contributed by atoms with Crippen LogP contribution in [0.2, 0.25) is 0 Å². The summed E-state index contributed by atoms with van der Waals surface area (Å²) >= 11 is 1.36. The van der Waals surface area contributed by atoms with E-state index in [0.29, 0.717) is 22.1 Å². The maximum Gasteiger partial charge on any atom is 0.264 e. The van der Waals surface area contributed by atoms with Crippen LogP contribution >= 0.6 is 11.3 Å². The number of nitrogens with one attached hydrogen (secondary N) is 1. The molecule has 40 heavy (non-hydrogen) atoms. The predicted octanol–water partition coefficient (Wildman–Crippen LogP) is 6.26. The Bertz CT molecular complexity index is 1710. The Hall–Kier alpha value is -4.34. The minimum atomic E-state index is -3.88. The molecule has 0 bridgehead atoms. The van der Waals surface area contributed by atoms with Crippen LogP contribution in [0.3, 0.4) is 0 Å². The van der Waals surface area contributed by atoms with E-state index in [2.05, 4.69) is 5.32 Å². The van der Waals surface area contributed by atoms with E-state index in [-0.39, 0.29) is 16.8 Å². The highest BCUT2D eigenvalue weighted by atomic mass is 32.2. The zero-order valence-corrected chi connectivity index (χ0v) is 23.8. The van der Waals surface area contributed by atoms with E-state index in [1.165, 1.54) is 49.0 Å².